The normalized spacial score (nSPS) is 11.0. The van der Waals surface area contributed by atoms with Crippen molar-refractivity contribution < 1.29 is 9.21 Å². The summed E-state index contributed by atoms with van der Waals surface area (Å²) in [6, 6.07) is 20.0. The first-order valence-electron chi connectivity index (χ1n) is 8.55. The van der Waals surface area contributed by atoms with Crippen molar-refractivity contribution in [3.05, 3.63) is 83.3 Å². The lowest BCUT2D eigenvalue weighted by molar-refractivity contribution is 0.0752. The molecule has 0 aliphatic heterocycles. The zero-order chi connectivity index (χ0) is 18.6. The van der Waals surface area contributed by atoms with Crippen LogP contribution in [0.1, 0.15) is 21.1 Å². The number of hydrogen-bond acceptors (Lipinski definition) is 5. The Morgan fingerprint density at radius 1 is 1.11 bits per heavy atom. The maximum Gasteiger partial charge on any atom is 0.289 e. The summed E-state index contributed by atoms with van der Waals surface area (Å²) in [5, 5.41) is 0.916. The topological polar surface area (TPSA) is 46.3 Å². The summed E-state index contributed by atoms with van der Waals surface area (Å²) >= 11 is 3.30. The van der Waals surface area contributed by atoms with E-state index < -0.39 is 0 Å². The number of benzene rings is 2. The Kier molecular flexibility index (Phi) is 5.27. The minimum absolute atomic E-state index is 0.122. The van der Waals surface area contributed by atoms with Crippen LogP contribution >= 0.6 is 23.1 Å². The van der Waals surface area contributed by atoms with Crippen LogP contribution in [-0.4, -0.2) is 22.8 Å². The Morgan fingerprint density at radius 3 is 2.70 bits per heavy atom. The van der Waals surface area contributed by atoms with Crippen LogP contribution in [0, 0.1) is 0 Å². The molecule has 4 aromatic rings. The molecule has 2 aromatic heterocycles. The first-order chi connectivity index (χ1) is 13.2. The Labute approximate surface area is 165 Å². The van der Waals surface area contributed by atoms with Crippen LogP contribution in [0.4, 0.5) is 0 Å². The molecule has 0 radical (unpaired) electrons. The monoisotopic (exact) mass is 394 g/mol. The molecule has 4 rings (SSSR count). The Morgan fingerprint density at radius 2 is 1.89 bits per heavy atom. The van der Waals surface area contributed by atoms with E-state index in [4.69, 9.17) is 4.42 Å². The summed E-state index contributed by atoms with van der Waals surface area (Å²) in [6.45, 7) is 0.462. The van der Waals surface area contributed by atoms with Gasteiger partial charge in [-0.3, -0.25) is 4.79 Å². The molecule has 0 aliphatic carbocycles. The lowest BCUT2D eigenvalue weighted by atomic mass is 10.2. The fraction of sp³-hybridized carbons (Fsp3) is 0.143. The summed E-state index contributed by atoms with van der Waals surface area (Å²) in [6.07, 6.45) is 1.58. The molecule has 0 N–H and O–H groups in total. The summed E-state index contributed by atoms with van der Waals surface area (Å²) < 4.78 is 6.64. The molecular weight excluding hydrogens is 376 g/mol. The van der Waals surface area contributed by atoms with Crippen molar-refractivity contribution in [2.75, 3.05) is 7.05 Å². The van der Waals surface area contributed by atoms with Crippen LogP contribution in [0.25, 0.3) is 10.2 Å². The SMILES string of the molecule is CN(Cc1nc2ccccc2s1)C(=O)c1occc1CSc1ccccc1. The van der Waals surface area contributed by atoms with Gasteiger partial charge in [0, 0.05) is 23.3 Å². The molecule has 2 heterocycles. The molecule has 6 heteroatoms. The summed E-state index contributed by atoms with van der Waals surface area (Å²) in [5.41, 5.74) is 1.88. The molecule has 0 saturated heterocycles. The zero-order valence-corrected chi connectivity index (χ0v) is 16.4. The predicted molar refractivity (Wildman–Crippen MR) is 110 cm³/mol. The van der Waals surface area contributed by atoms with Crippen molar-refractivity contribution in [2.45, 2.75) is 17.2 Å². The molecule has 0 bridgehead atoms. The lowest BCUT2D eigenvalue weighted by Gasteiger charge is -2.15. The third-order valence-corrected chi connectivity index (χ3v) is 6.22. The van der Waals surface area contributed by atoms with Gasteiger partial charge in [-0.05, 0) is 30.3 Å². The van der Waals surface area contributed by atoms with E-state index >= 15 is 0 Å². The number of thiazole rings is 1. The van der Waals surface area contributed by atoms with Crippen molar-refractivity contribution in [1.82, 2.24) is 9.88 Å². The number of thioether (sulfide) groups is 1. The third kappa shape index (κ3) is 4.07. The molecule has 0 spiro atoms. The molecule has 0 saturated carbocycles. The second-order valence-electron chi connectivity index (χ2n) is 6.11. The fourth-order valence-electron chi connectivity index (χ4n) is 2.75. The van der Waals surface area contributed by atoms with Crippen molar-refractivity contribution in [3.8, 4) is 0 Å². The number of furan rings is 1. The van der Waals surface area contributed by atoms with Crippen LogP contribution in [0.3, 0.4) is 0 Å². The molecule has 1 amide bonds. The van der Waals surface area contributed by atoms with Gasteiger partial charge in [-0.1, -0.05) is 30.3 Å². The van der Waals surface area contributed by atoms with Gasteiger partial charge in [0.1, 0.15) is 5.01 Å². The third-order valence-electron chi connectivity index (χ3n) is 4.14. The van der Waals surface area contributed by atoms with Crippen molar-refractivity contribution >= 4 is 39.2 Å². The van der Waals surface area contributed by atoms with Gasteiger partial charge in [0.2, 0.25) is 0 Å². The number of hydrogen-bond donors (Lipinski definition) is 0. The molecule has 2 aromatic carbocycles. The largest absolute Gasteiger partial charge is 0.459 e. The van der Waals surface area contributed by atoms with Gasteiger partial charge in [0.05, 0.1) is 23.0 Å². The van der Waals surface area contributed by atoms with Gasteiger partial charge in [0.15, 0.2) is 5.76 Å². The molecule has 0 aliphatic rings. The molecule has 4 nitrogen and oxygen atoms in total. The first-order valence-corrected chi connectivity index (χ1v) is 10.3. The molecule has 0 unspecified atom stereocenters. The van der Waals surface area contributed by atoms with Crippen molar-refractivity contribution in [1.29, 1.82) is 0 Å². The average molecular weight is 395 g/mol. The van der Waals surface area contributed by atoms with Crippen molar-refractivity contribution in [3.63, 3.8) is 0 Å². The van der Waals surface area contributed by atoms with Crippen LogP contribution in [-0.2, 0) is 12.3 Å². The Hall–Kier alpha value is -2.57. The van der Waals surface area contributed by atoms with E-state index in [1.807, 2.05) is 48.5 Å². The smallest absolute Gasteiger partial charge is 0.289 e. The number of nitrogens with zero attached hydrogens (tertiary/aromatic N) is 2. The predicted octanol–water partition coefficient (Wildman–Crippen LogP) is 5.45. The number of amides is 1. The molecule has 27 heavy (non-hydrogen) atoms. The van der Waals surface area contributed by atoms with E-state index in [2.05, 4.69) is 17.1 Å². The summed E-state index contributed by atoms with van der Waals surface area (Å²) in [7, 11) is 1.78. The van der Waals surface area contributed by atoms with Crippen molar-refractivity contribution in [2.24, 2.45) is 0 Å². The summed E-state index contributed by atoms with van der Waals surface area (Å²) in [5.74, 6) is 0.973. The minimum Gasteiger partial charge on any atom is -0.459 e. The highest BCUT2D eigenvalue weighted by atomic mass is 32.2. The lowest BCUT2D eigenvalue weighted by Crippen LogP contribution is -2.26. The number of carbonyl (C=O) groups excluding carboxylic acids is 1. The number of aromatic nitrogens is 1. The van der Waals surface area contributed by atoms with Gasteiger partial charge < -0.3 is 9.32 Å². The molecule has 0 fully saturated rings. The summed E-state index contributed by atoms with van der Waals surface area (Å²) in [4.78, 5) is 20.3. The highest BCUT2D eigenvalue weighted by Gasteiger charge is 2.20. The zero-order valence-electron chi connectivity index (χ0n) is 14.8. The number of fused-ring (bicyclic) bond motifs is 1. The van der Waals surface area contributed by atoms with E-state index in [1.54, 1.807) is 41.3 Å². The van der Waals surface area contributed by atoms with Gasteiger partial charge >= 0.3 is 0 Å². The van der Waals surface area contributed by atoms with E-state index in [1.165, 1.54) is 4.90 Å². The van der Waals surface area contributed by atoms with E-state index in [-0.39, 0.29) is 5.91 Å². The van der Waals surface area contributed by atoms with Crippen LogP contribution < -0.4 is 0 Å². The van der Waals surface area contributed by atoms with E-state index in [9.17, 15) is 4.79 Å². The van der Waals surface area contributed by atoms with Crippen LogP contribution in [0.15, 0.2) is 76.2 Å². The number of para-hydroxylation sites is 1. The second-order valence-corrected chi connectivity index (χ2v) is 8.28. The molecular formula is C21H18N2O2S2. The Bertz CT molecular complexity index is 1020. The highest BCUT2D eigenvalue weighted by molar-refractivity contribution is 7.98. The van der Waals surface area contributed by atoms with E-state index in [0.717, 1.165) is 20.8 Å². The van der Waals surface area contributed by atoms with E-state index in [0.29, 0.717) is 18.1 Å². The molecule has 136 valence electrons. The van der Waals surface area contributed by atoms with Gasteiger partial charge in [-0.25, -0.2) is 4.98 Å². The van der Waals surface area contributed by atoms with Gasteiger partial charge in [0.25, 0.3) is 5.91 Å². The maximum atomic E-state index is 12.9. The van der Waals surface area contributed by atoms with Gasteiger partial charge in [-0.2, -0.15) is 0 Å². The van der Waals surface area contributed by atoms with Crippen LogP contribution in [0.2, 0.25) is 0 Å². The minimum atomic E-state index is -0.122. The van der Waals surface area contributed by atoms with Crippen LogP contribution in [0.5, 0.6) is 0 Å². The standard InChI is InChI=1S/C21H18N2O2S2/c1-23(13-19-22-17-9-5-6-10-18(17)27-19)21(24)20-15(11-12-25-20)14-26-16-7-3-2-4-8-16/h2-12H,13-14H2,1H3. The Balaban J connectivity index is 1.45. The van der Waals surface area contributed by atoms with Gasteiger partial charge in [-0.15, -0.1) is 23.1 Å². The quantitative estimate of drug-likeness (QED) is 0.408. The number of carbonyl (C=O) groups is 1. The second kappa shape index (κ2) is 7.98. The maximum absolute atomic E-state index is 12.9. The first kappa shape index (κ1) is 17.8. The highest BCUT2D eigenvalue weighted by Crippen LogP contribution is 2.26. The average Bonchev–Trinajstić information content (AvgIpc) is 3.32. The molecule has 0 atom stereocenters. The number of rotatable bonds is 6. The fourth-order valence-corrected chi connectivity index (χ4v) is 4.67.